The monoisotopic (exact) mass is 421 g/mol. The Bertz CT molecular complexity index is 1290. The van der Waals surface area contributed by atoms with E-state index >= 15 is 0 Å². The molecule has 2 heterocycles. The summed E-state index contributed by atoms with van der Waals surface area (Å²) in [7, 11) is 0. The minimum atomic E-state index is -0.459. The average molecular weight is 421 g/mol. The van der Waals surface area contributed by atoms with Crippen LogP contribution in [0.15, 0.2) is 61.3 Å². The van der Waals surface area contributed by atoms with Crippen LogP contribution in [0.25, 0.3) is 22.4 Å². The summed E-state index contributed by atoms with van der Waals surface area (Å²) in [5, 5.41) is 12.1. The van der Waals surface area contributed by atoms with Gasteiger partial charge in [0.15, 0.2) is 0 Å². The molecule has 4 rings (SSSR count). The smallest absolute Gasteiger partial charge is 0.336 e. The number of nitrogens with one attached hydrogen (secondary N) is 1. The third-order valence-corrected chi connectivity index (χ3v) is 5.24. The van der Waals surface area contributed by atoms with Gasteiger partial charge in [-0.25, -0.2) is 4.79 Å². The third kappa shape index (κ3) is 4.44. The molecule has 8 heteroatoms. The second-order valence-corrected chi connectivity index (χ2v) is 7.95. The maximum atomic E-state index is 12.0. The van der Waals surface area contributed by atoms with E-state index in [9.17, 15) is 9.59 Å². The van der Waals surface area contributed by atoms with E-state index < -0.39 is 5.63 Å². The van der Waals surface area contributed by atoms with Gasteiger partial charge in [-0.2, -0.15) is 0 Å². The van der Waals surface area contributed by atoms with Gasteiger partial charge in [0.05, 0.1) is 0 Å². The number of nitrogens with zero attached hydrogens (tertiary/aromatic N) is 2. The molecule has 0 bridgehead atoms. The van der Waals surface area contributed by atoms with Crippen LogP contribution in [0.1, 0.15) is 23.6 Å². The number of aryl methyl sites for hydroxylation is 2. The SMILES string of the molecule is CC(=O)Nc1ccc2c(CSc3nnc(-c4cc(C)cc(C)c4)o3)cc(=O)oc2c1. The lowest BCUT2D eigenvalue weighted by Crippen LogP contribution is -2.06. The Morgan fingerprint density at radius 3 is 2.53 bits per heavy atom. The highest BCUT2D eigenvalue weighted by Crippen LogP contribution is 2.29. The van der Waals surface area contributed by atoms with Crippen molar-refractivity contribution in [2.75, 3.05) is 5.32 Å². The first-order valence-corrected chi connectivity index (χ1v) is 10.3. The van der Waals surface area contributed by atoms with Gasteiger partial charge in [-0.3, -0.25) is 4.79 Å². The number of rotatable bonds is 5. The fraction of sp³-hybridized carbons (Fsp3) is 0.182. The predicted octanol–water partition coefficient (Wildman–Crippen LogP) is 4.71. The van der Waals surface area contributed by atoms with E-state index in [1.54, 1.807) is 12.1 Å². The maximum absolute atomic E-state index is 12.0. The van der Waals surface area contributed by atoms with Crippen LogP contribution in [0.4, 0.5) is 5.69 Å². The molecule has 0 aliphatic heterocycles. The molecular weight excluding hydrogens is 402 g/mol. The average Bonchev–Trinajstić information content (AvgIpc) is 3.13. The molecule has 1 N–H and O–H groups in total. The second-order valence-electron chi connectivity index (χ2n) is 7.02. The molecule has 1 amide bonds. The Morgan fingerprint density at radius 1 is 1.03 bits per heavy atom. The third-order valence-electron chi connectivity index (χ3n) is 4.38. The summed E-state index contributed by atoms with van der Waals surface area (Å²) in [5.74, 6) is 0.719. The lowest BCUT2D eigenvalue weighted by molar-refractivity contribution is -0.114. The van der Waals surface area contributed by atoms with Crippen LogP contribution in [0.3, 0.4) is 0 Å². The molecule has 0 aliphatic carbocycles. The quantitative estimate of drug-likeness (QED) is 0.368. The fourth-order valence-electron chi connectivity index (χ4n) is 3.25. The summed E-state index contributed by atoms with van der Waals surface area (Å²) in [6.45, 7) is 5.46. The van der Waals surface area contributed by atoms with E-state index in [-0.39, 0.29) is 5.91 Å². The van der Waals surface area contributed by atoms with Gasteiger partial charge in [0.1, 0.15) is 5.58 Å². The Hall–Kier alpha value is -3.39. The Balaban J connectivity index is 1.57. The zero-order valence-electron chi connectivity index (χ0n) is 16.7. The zero-order valence-corrected chi connectivity index (χ0v) is 17.5. The number of hydrogen-bond acceptors (Lipinski definition) is 7. The van der Waals surface area contributed by atoms with Gasteiger partial charge < -0.3 is 14.2 Å². The highest BCUT2D eigenvalue weighted by Gasteiger charge is 2.13. The van der Waals surface area contributed by atoms with Crippen LogP contribution in [-0.4, -0.2) is 16.1 Å². The number of hydrogen-bond donors (Lipinski definition) is 1. The molecule has 0 fully saturated rings. The highest BCUT2D eigenvalue weighted by molar-refractivity contribution is 7.98. The van der Waals surface area contributed by atoms with Crippen molar-refractivity contribution in [3.63, 3.8) is 0 Å². The van der Waals surface area contributed by atoms with Crippen molar-refractivity contribution in [2.45, 2.75) is 31.7 Å². The number of carbonyl (C=O) groups is 1. The first-order valence-electron chi connectivity index (χ1n) is 9.27. The van der Waals surface area contributed by atoms with Crippen LogP contribution >= 0.6 is 11.8 Å². The molecule has 0 unspecified atom stereocenters. The van der Waals surface area contributed by atoms with Gasteiger partial charge in [0.25, 0.3) is 5.22 Å². The maximum Gasteiger partial charge on any atom is 0.336 e. The van der Waals surface area contributed by atoms with Crippen LogP contribution in [0, 0.1) is 13.8 Å². The summed E-state index contributed by atoms with van der Waals surface area (Å²) in [4.78, 5) is 23.2. The molecule has 0 spiro atoms. The van der Waals surface area contributed by atoms with Crippen molar-refractivity contribution in [3.8, 4) is 11.5 Å². The topological polar surface area (TPSA) is 98.2 Å². The fourth-order valence-corrected chi connectivity index (χ4v) is 4.01. The molecule has 2 aromatic carbocycles. The Kier molecular flexibility index (Phi) is 5.41. The summed E-state index contributed by atoms with van der Waals surface area (Å²) in [6.07, 6.45) is 0. The number of amides is 1. The molecule has 2 aromatic heterocycles. The number of fused-ring (bicyclic) bond motifs is 1. The molecule has 0 saturated heterocycles. The number of anilines is 1. The Labute approximate surface area is 176 Å². The van der Waals surface area contributed by atoms with Crippen LogP contribution in [0.2, 0.25) is 0 Å². The van der Waals surface area contributed by atoms with Crippen molar-refractivity contribution in [3.05, 3.63) is 69.6 Å². The summed E-state index contributed by atoms with van der Waals surface area (Å²) in [5.41, 5.74) is 4.43. The van der Waals surface area contributed by atoms with Gasteiger partial charge in [-0.15, -0.1) is 10.2 Å². The van der Waals surface area contributed by atoms with E-state index in [2.05, 4.69) is 21.6 Å². The van der Waals surface area contributed by atoms with Gasteiger partial charge in [-0.05, 0) is 43.7 Å². The van der Waals surface area contributed by atoms with Crippen LogP contribution < -0.4 is 10.9 Å². The normalized spacial score (nSPS) is 11.0. The van der Waals surface area contributed by atoms with Crippen LogP contribution in [0.5, 0.6) is 0 Å². The van der Waals surface area contributed by atoms with Gasteiger partial charge in [-0.1, -0.05) is 29.0 Å². The Morgan fingerprint density at radius 2 is 1.80 bits per heavy atom. The van der Waals surface area contributed by atoms with Crippen LogP contribution in [-0.2, 0) is 10.5 Å². The van der Waals surface area contributed by atoms with E-state index in [1.165, 1.54) is 24.8 Å². The number of thioether (sulfide) groups is 1. The molecule has 0 saturated carbocycles. The van der Waals surface area contributed by atoms with Gasteiger partial charge in [0.2, 0.25) is 11.8 Å². The molecule has 7 nitrogen and oxygen atoms in total. The largest absolute Gasteiger partial charge is 0.423 e. The summed E-state index contributed by atoms with van der Waals surface area (Å²) >= 11 is 1.35. The zero-order chi connectivity index (χ0) is 21.3. The summed E-state index contributed by atoms with van der Waals surface area (Å²) < 4.78 is 11.1. The highest BCUT2D eigenvalue weighted by atomic mass is 32.2. The lowest BCUT2D eigenvalue weighted by Gasteiger charge is -2.06. The van der Waals surface area contributed by atoms with E-state index in [0.717, 1.165) is 27.6 Å². The predicted molar refractivity (Wildman–Crippen MR) is 116 cm³/mol. The van der Waals surface area contributed by atoms with Crippen molar-refractivity contribution in [1.29, 1.82) is 0 Å². The summed E-state index contributed by atoms with van der Waals surface area (Å²) in [6, 6.07) is 12.7. The number of aromatic nitrogens is 2. The molecule has 0 radical (unpaired) electrons. The first-order chi connectivity index (χ1) is 14.4. The lowest BCUT2D eigenvalue weighted by atomic mass is 10.1. The molecule has 0 atom stereocenters. The molecule has 152 valence electrons. The van der Waals surface area contributed by atoms with E-state index in [0.29, 0.717) is 28.1 Å². The number of carbonyl (C=O) groups excluding carboxylic acids is 1. The van der Waals surface area contributed by atoms with Crippen molar-refractivity contribution >= 4 is 34.3 Å². The van der Waals surface area contributed by atoms with Crippen molar-refractivity contribution < 1.29 is 13.6 Å². The number of benzene rings is 2. The minimum absolute atomic E-state index is 0.195. The van der Waals surface area contributed by atoms with E-state index in [4.69, 9.17) is 8.83 Å². The molecule has 30 heavy (non-hydrogen) atoms. The van der Waals surface area contributed by atoms with E-state index in [1.807, 2.05) is 32.0 Å². The van der Waals surface area contributed by atoms with Gasteiger partial charge in [0, 0.05) is 41.4 Å². The second kappa shape index (κ2) is 8.16. The standard InChI is InChI=1S/C22H19N3O4S/c1-12-6-13(2)8-15(7-12)21-24-25-22(29-21)30-11-16-9-20(27)28-19-10-17(23-14(3)26)4-5-18(16)19/h4-10H,11H2,1-3H3,(H,23,26). The minimum Gasteiger partial charge on any atom is -0.423 e. The molecule has 0 aliphatic rings. The van der Waals surface area contributed by atoms with Crippen molar-refractivity contribution in [2.24, 2.45) is 0 Å². The molecule has 4 aromatic rings. The van der Waals surface area contributed by atoms with Gasteiger partial charge >= 0.3 is 5.63 Å². The first kappa shape index (κ1) is 19.9. The van der Waals surface area contributed by atoms with Crippen molar-refractivity contribution in [1.82, 2.24) is 10.2 Å². The molecular formula is C22H19N3O4S.